The molecular weight excluding hydrogens is 292 g/mol. The molecule has 0 aromatic rings. The third kappa shape index (κ3) is 21.1. The Hall–Kier alpha value is -1.34. The summed E-state index contributed by atoms with van der Waals surface area (Å²) in [4.78, 5) is 22.3. The summed E-state index contributed by atoms with van der Waals surface area (Å²) in [5, 5.41) is 35.7. The largest absolute Gasteiger partial charge is 0.547 e. The van der Waals surface area contributed by atoms with Gasteiger partial charge in [-0.1, -0.05) is 0 Å². The molecule has 0 aromatic carbocycles. The van der Waals surface area contributed by atoms with Crippen molar-refractivity contribution in [1.29, 1.82) is 0 Å². The second-order valence-corrected chi connectivity index (χ2v) is 4.44. The molecule has 10 N–H and O–H groups in total. The summed E-state index contributed by atoms with van der Waals surface area (Å²) in [6.45, 7) is 2.53. The summed E-state index contributed by atoms with van der Waals surface area (Å²) >= 11 is 0. The summed E-state index contributed by atoms with van der Waals surface area (Å²) in [5.74, 6) is -4.12. The fourth-order valence-corrected chi connectivity index (χ4v) is 0.758. The zero-order valence-electron chi connectivity index (χ0n) is 12.6. The number of likely N-dealkylation sites (N-methyl/N-ethyl adjacent to an activating group) is 2. The lowest BCUT2D eigenvalue weighted by Gasteiger charge is -2.18. The number of hydrogen-bond donors (Lipinski definition) is 4. The van der Waals surface area contributed by atoms with E-state index >= 15 is 0 Å². The molecule has 0 spiro atoms. The summed E-state index contributed by atoms with van der Waals surface area (Å²) in [7, 11) is 8.73. The molecule has 0 saturated heterocycles. The SMILES string of the molecule is C[NH+](C)CC[NH+](C)C.O.O.O.O=C([O-])[C@@H](O)[C@H](O)C(=O)[O-]. The number of carbonyl (C=O) groups is 2. The lowest BCUT2D eigenvalue weighted by atomic mass is 10.2. The van der Waals surface area contributed by atoms with Gasteiger partial charge >= 0.3 is 0 Å². The van der Waals surface area contributed by atoms with Crippen molar-refractivity contribution in [2.24, 2.45) is 0 Å². The van der Waals surface area contributed by atoms with Crippen molar-refractivity contribution < 1.29 is 56.2 Å². The minimum Gasteiger partial charge on any atom is -0.547 e. The molecule has 0 saturated carbocycles. The molecule has 0 unspecified atom stereocenters. The van der Waals surface area contributed by atoms with Gasteiger partial charge in [0.05, 0.1) is 40.1 Å². The number of aliphatic hydroxyl groups is 2. The van der Waals surface area contributed by atoms with Crippen LogP contribution in [0.2, 0.25) is 0 Å². The van der Waals surface area contributed by atoms with Gasteiger partial charge < -0.3 is 56.2 Å². The topological polar surface area (TPSA) is 224 Å². The van der Waals surface area contributed by atoms with E-state index in [2.05, 4.69) is 28.2 Å². The number of aliphatic hydroxyl groups excluding tert-OH is 2. The lowest BCUT2D eigenvalue weighted by molar-refractivity contribution is -0.918. The average molecular weight is 320 g/mol. The molecule has 0 aliphatic rings. The Morgan fingerprint density at radius 1 is 0.810 bits per heavy atom. The quantitative estimate of drug-likeness (QED) is 0.371. The molecule has 0 heterocycles. The van der Waals surface area contributed by atoms with Gasteiger partial charge in [0.1, 0.15) is 25.3 Å². The first-order chi connectivity index (χ1) is 8.09. The van der Waals surface area contributed by atoms with E-state index in [0.717, 1.165) is 0 Å². The van der Waals surface area contributed by atoms with Gasteiger partial charge in [-0.2, -0.15) is 0 Å². The fourth-order valence-electron chi connectivity index (χ4n) is 0.758. The molecule has 0 bridgehead atoms. The average Bonchev–Trinajstić information content (AvgIpc) is 2.24. The number of nitrogens with one attached hydrogen (secondary N) is 2. The van der Waals surface area contributed by atoms with Gasteiger partial charge in [-0.25, -0.2) is 0 Å². The number of carboxylic acid groups (broad SMARTS) is 2. The fraction of sp³-hybridized carbons (Fsp3) is 0.800. The van der Waals surface area contributed by atoms with Crippen LogP contribution >= 0.6 is 0 Å². The minimum atomic E-state index is -2.44. The lowest BCUT2D eigenvalue weighted by Crippen LogP contribution is -3.14. The van der Waals surface area contributed by atoms with Crippen molar-refractivity contribution in [1.82, 2.24) is 0 Å². The van der Waals surface area contributed by atoms with Gasteiger partial charge in [-0.3, -0.25) is 0 Å². The van der Waals surface area contributed by atoms with Crippen molar-refractivity contribution in [2.45, 2.75) is 12.2 Å². The highest BCUT2D eigenvalue weighted by atomic mass is 16.4. The number of quaternary nitrogens is 2. The van der Waals surface area contributed by atoms with Gasteiger partial charge in [0, 0.05) is 0 Å². The number of carboxylic acids is 2. The highest BCUT2D eigenvalue weighted by Crippen LogP contribution is 1.88. The predicted octanol–water partition coefficient (Wildman–Crippen LogP) is -9.99. The Labute approximate surface area is 122 Å². The summed E-state index contributed by atoms with van der Waals surface area (Å²) in [6.07, 6.45) is -4.88. The van der Waals surface area contributed by atoms with Crippen LogP contribution in [-0.2, 0) is 9.59 Å². The standard InChI is InChI=1S/C6H16N2.C4H6O6.3H2O/c1-7(2)5-6-8(3)4;5-1(3(7)8)2(6)4(9)10;;;/h5-6H2,1-4H3;1-2,5-6H,(H,7,8)(H,9,10);3*1H2/t;1-,2-;;;/m.0.../s1. The number of carbonyl (C=O) groups excluding carboxylic acids is 2. The molecule has 0 aromatic heterocycles. The van der Waals surface area contributed by atoms with Crippen LogP contribution in [0.5, 0.6) is 0 Å². The third-order valence-corrected chi connectivity index (χ3v) is 1.91. The van der Waals surface area contributed by atoms with E-state index in [9.17, 15) is 19.8 Å². The molecule has 0 aliphatic heterocycles. The van der Waals surface area contributed by atoms with Gasteiger partial charge in [0.25, 0.3) is 0 Å². The Morgan fingerprint density at radius 2 is 1.00 bits per heavy atom. The first-order valence-electron chi connectivity index (χ1n) is 5.45. The third-order valence-electron chi connectivity index (χ3n) is 1.91. The molecule has 11 nitrogen and oxygen atoms in total. The van der Waals surface area contributed by atoms with Crippen LogP contribution in [0.15, 0.2) is 0 Å². The van der Waals surface area contributed by atoms with E-state index in [4.69, 9.17) is 10.2 Å². The second kappa shape index (κ2) is 16.7. The van der Waals surface area contributed by atoms with E-state index < -0.39 is 24.1 Å². The molecule has 21 heavy (non-hydrogen) atoms. The second-order valence-electron chi connectivity index (χ2n) is 4.44. The summed E-state index contributed by atoms with van der Waals surface area (Å²) in [5.41, 5.74) is 0. The zero-order valence-corrected chi connectivity index (χ0v) is 12.6. The van der Waals surface area contributed by atoms with Gasteiger partial charge in [-0.15, -0.1) is 0 Å². The van der Waals surface area contributed by atoms with Crippen LogP contribution < -0.4 is 20.0 Å². The van der Waals surface area contributed by atoms with Crippen LogP contribution in [0, 0.1) is 0 Å². The Kier molecular flexibility index (Phi) is 25.4. The van der Waals surface area contributed by atoms with Crippen molar-refractivity contribution in [3.63, 3.8) is 0 Å². The van der Waals surface area contributed by atoms with Crippen LogP contribution in [0.3, 0.4) is 0 Å². The van der Waals surface area contributed by atoms with E-state index in [1.807, 2.05) is 0 Å². The Bertz CT molecular complexity index is 235. The van der Waals surface area contributed by atoms with Crippen molar-refractivity contribution in [3.05, 3.63) is 0 Å². The first kappa shape index (κ1) is 31.9. The molecular formula is C10H28N2O9. The van der Waals surface area contributed by atoms with Gasteiger partial charge in [0.2, 0.25) is 0 Å². The smallest absolute Gasteiger partial charge is 0.126 e. The number of rotatable bonds is 6. The highest BCUT2D eigenvalue weighted by molar-refractivity contribution is 5.80. The van der Waals surface area contributed by atoms with Gasteiger partial charge in [-0.05, 0) is 0 Å². The molecule has 0 rings (SSSR count). The van der Waals surface area contributed by atoms with Gasteiger partial charge in [0.15, 0.2) is 0 Å². The van der Waals surface area contributed by atoms with Crippen LogP contribution in [0.25, 0.3) is 0 Å². The van der Waals surface area contributed by atoms with E-state index in [0.29, 0.717) is 0 Å². The summed E-state index contributed by atoms with van der Waals surface area (Å²) in [6, 6.07) is 0. The molecule has 2 atom stereocenters. The highest BCUT2D eigenvalue weighted by Gasteiger charge is 2.17. The number of aliphatic carboxylic acids is 2. The zero-order chi connectivity index (χ0) is 14.9. The molecule has 11 heteroatoms. The monoisotopic (exact) mass is 320 g/mol. The molecule has 0 radical (unpaired) electrons. The molecule has 0 aliphatic carbocycles. The van der Waals surface area contributed by atoms with Crippen molar-refractivity contribution in [2.75, 3.05) is 41.3 Å². The van der Waals surface area contributed by atoms with Crippen LogP contribution in [0.1, 0.15) is 0 Å². The Balaban J connectivity index is -0.0000000724. The molecule has 132 valence electrons. The van der Waals surface area contributed by atoms with E-state index in [-0.39, 0.29) is 16.4 Å². The van der Waals surface area contributed by atoms with Crippen LogP contribution in [-0.4, -0.2) is 92.1 Å². The van der Waals surface area contributed by atoms with Crippen molar-refractivity contribution >= 4 is 11.9 Å². The van der Waals surface area contributed by atoms with E-state index in [1.165, 1.54) is 22.9 Å². The minimum absolute atomic E-state index is 0. The maximum absolute atomic E-state index is 9.63. The predicted molar refractivity (Wildman–Crippen MR) is 68.2 cm³/mol. The van der Waals surface area contributed by atoms with Crippen LogP contribution in [0.4, 0.5) is 0 Å². The maximum atomic E-state index is 9.63. The normalized spacial score (nSPS) is 11.8. The Morgan fingerprint density at radius 3 is 1.10 bits per heavy atom. The summed E-state index contributed by atoms with van der Waals surface area (Å²) < 4.78 is 0. The molecule has 0 fully saturated rings. The molecule has 0 amide bonds. The number of hydrogen-bond acceptors (Lipinski definition) is 6. The van der Waals surface area contributed by atoms with Crippen molar-refractivity contribution in [3.8, 4) is 0 Å². The first-order valence-corrected chi connectivity index (χ1v) is 5.45. The maximum Gasteiger partial charge on any atom is 0.126 e. The van der Waals surface area contributed by atoms with E-state index in [1.54, 1.807) is 0 Å².